The van der Waals surface area contributed by atoms with Gasteiger partial charge in [0.2, 0.25) is 10.0 Å². The van der Waals surface area contributed by atoms with Crippen LogP contribution in [-0.4, -0.2) is 30.8 Å². The summed E-state index contributed by atoms with van der Waals surface area (Å²) < 4.78 is 26.2. The number of nitrogens with zero attached hydrogens (tertiary/aromatic N) is 2. The van der Waals surface area contributed by atoms with Gasteiger partial charge in [0.1, 0.15) is 5.82 Å². The van der Waals surface area contributed by atoms with Gasteiger partial charge in [-0.05, 0) is 12.8 Å². The predicted molar refractivity (Wildman–Crippen MR) is 57.0 cm³/mol. The summed E-state index contributed by atoms with van der Waals surface area (Å²) in [6, 6.07) is 0. The molecule has 0 amide bonds. The van der Waals surface area contributed by atoms with Gasteiger partial charge in [0.25, 0.3) is 0 Å². The fraction of sp³-hybridized carbons (Fsp3) is 0.667. The molecule has 1 heterocycles. The van der Waals surface area contributed by atoms with Crippen LogP contribution in [0, 0.1) is 0 Å². The van der Waals surface area contributed by atoms with Crippen molar-refractivity contribution >= 4 is 10.0 Å². The molecular weight excluding hydrogens is 214 g/mol. The largest absolute Gasteiger partial charge is 0.333 e. The molecule has 1 saturated carbocycles. The van der Waals surface area contributed by atoms with Crippen LogP contribution >= 0.6 is 0 Å². The van der Waals surface area contributed by atoms with Crippen molar-refractivity contribution in [2.45, 2.75) is 25.3 Å². The van der Waals surface area contributed by atoms with Gasteiger partial charge in [0.15, 0.2) is 0 Å². The molecule has 0 spiro atoms. The first-order chi connectivity index (χ1) is 7.06. The van der Waals surface area contributed by atoms with Crippen LogP contribution < -0.4 is 4.72 Å². The Morgan fingerprint density at radius 3 is 2.93 bits per heavy atom. The molecule has 1 fully saturated rings. The van der Waals surface area contributed by atoms with Crippen LogP contribution in [-0.2, 0) is 16.6 Å². The van der Waals surface area contributed by atoms with Crippen LogP contribution in [0.2, 0.25) is 0 Å². The third-order valence-electron chi connectivity index (χ3n) is 2.41. The first-order valence-corrected chi connectivity index (χ1v) is 6.91. The Bertz CT molecular complexity index is 434. The van der Waals surface area contributed by atoms with E-state index in [1.54, 1.807) is 6.20 Å². The predicted octanol–water partition coefficient (Wildman–Crippen LogP) is 0.310. The van der Waals surface area contributed by atoms with Crippen molar-refractivity contribution in [1.29, 1.82) is 0 Å². The molecule has 1 aromatic heterocycles. The Morgan fingerprint density at radius 2 is 2.33 bits per heavy atom. The normalized spacial score (nSPS) is 16.9. The summed E-state index contributed by atoms with van der Waals surface area (Å²) in [6.45, 7) is 1.08. The van der Waals surface area contributed by atoms with E-state index >= 15 is 0 Å². The summed E-state index contributed by atoms with van der Waals surface area (Å²) in [6.07, 6.45) is 7.25. The average molecular weight is 229 g/mol. The zero-order valence-electron chi connectivity index (χ0n) is 8.68. The highest BCUT2D eigenvalue weighted by atomic mass is 32.2. The highest BCUT2D eigenvalue weighted by Crippen LogP contribution is 2.38. The van der Waals surface area contributed by atoms with Gasteiger partial charge in [0.05, 0.1) is 6.26 Å². The van der Waals surface area contributed by atoms with Gasteiger partial charge >= 0.3 is 0 Å². The summed E-state index contributed by atoms with van der Waals surface area (Å²) in [4.78, 5) is 4.28. The van der Waals surface area contributed by atoms with Crippen LogP contribution in [0.1, 0.15) is 24.6 Å². The SMILES string of the molecule is CS(=O)(=O)NCCn1ccnc1C1CC1. The highest BCUT2D eigenvalue weighted by molar-refractivity contribution is 7.88. The Hall–Kier alpha value is -0.880. The van der Waals surface area contributed by atoms with E-state index in [-0.39, 0.29) is 0 Å². The molecule has 0 bridgehead atoms. The van der Waals surface area contributed by atoms with Gasteiger partial charge in [0, 0.05) is 31.4 Å². The van der Waals surface area contributed by atoms with Crippen LogP contribution in [0.25, 0.3) is 0 Å². The molecule has 0 atom stereocenters. The molecule has 0 saturated heterocycles. The van der Waals surface area contributed by atoms with Crippen molar-refractivity contribution < 1.29 is 8.42 Å². The van der Waals surface area contributed by atoms with E-state index < -0.39 is 10.0 Å². The second-order valence-corrected chi connectivity index (χ2v) is 5.75. The lowest BCUT2D eigenvalue weighted by Crippen LogP contribution is -2.26. The zero-order valence-corrected chi connectivity index (χ0v) is 9.50. The Balaban J connectivity index is 1.90. The van der Waals surface area contributed by atoms with E-state index in [1.165, 1.54) is 19.1 Å². The molecule has 1 aliphatic rings. The third kappa shape index (κ3) is 3.04. The van der Waals surface area contributed by atoms with Gasteiger partial charge < -0.3 is 4.57 Å². The molecule has 6 heteroatoms. The van der Waals surface area contributed by atoms with Gasteiger partial charge in [-0.1, -0.05) is 0 Å². The molecule has 5 nitrogen and oxygen atoms in total. The van der Waals surface area contributed by atoms with Crippen LogP contribution in [0.3, 0.4) is 0 Å². The molecule has 15 heavy (non-hydrogen) atoms. The number of imidazole rings is 1. The van der Waals surface area contributed by atoms with Crippen molar-refractivity contribution in [1.82, 2.24) is 14.3 Å². The highest BCUT2D eigenvalue weighted by Gasteiger charge is 2.27. The molecule has 2 rings (SSSR count). The smallest absolute Gasteiger partial charge is 0.208 e. The molecule has 0 aromatic carbocycles. The van der Waals surface area contributed by atoms with Crippen LogP contribution in [0.4, 0.5) is 0 Å². The number of hydrogen-bond donors (Lipinski definition) is 1. The molecule has 0 aliphatic heterocycles. The maximum Gasteiger partial charge on any atom is 0.208 e. The minimum atomic E-state index is -3.08. The topological polar surface area (TPSA) is 64.0 Å². The van der Waals surface area contributed by atoms with E-state index in [0.717, 1.165) is 5.82 Å². The number of sulfonamides is 1. The van der Waals surface area contributed by atoms with E-state index in [9.17, 15) is 8.42 Å². The average Bonchev–Trinajstić information content (AvgIpc) is 2.86. The second-order valence-electron chi connectivity index (χ2n) is 3.92. The molecule has 1 aromatic rings. The fourth-order valence-corrected chi connectivity index (χ4v) is 2.02. The van der Waals surface area contributed by atoms with Gasteiger partial charge in [-0.25, -0.2) is 18.1 Å². The summed E-state index contributed by atoms with van der Waals surface area (Å²) in [5.74, 6) is 1.68. The van der Waals surface area contributed by atoms with E-state index in [0.29, 0.717) is 19.0 Å². The van der Waals surface area contributed by atoms with Gasteiger partial charge in [-0.2, -0.15) is 0 Å². The van der Waals surface area contributed by atoms with Crippen molar-refractivity contribution in [3.8, 4) is 0 Å². The lowest BCUT2D eigenvalue weighted by Gasteiger charge is -2.06. The molecule has 1 aliphatic carbocycles. The third-order valence-corrected chi connectivity index (χ3v) is 3.14. The maximum absolute atomic E-state index is 10.9. The summed E-state index contributed by atoms with van der Waals surface area (Å²) in [5.41, 5.74) is 0. The Kier molecular flexibility index (Phi) is 2.79. The van der Waals surface area contributed by atoms with E-state index in [4.69, 9.17) is 0 Å². The fourth-order valence-electron chi connectivity index (χ4n) is 1.56. The van der Waals surface area contributed by atoms with Crippen molar-refractivity contribution in [3.63, 3.8) is 0 Å². The Morgan fingerprint density at radius 1 is 1.60 bits per heavy atom. The van der Waals surface area contributed by atoms with Gasteiger partial charge in [-0.15, -0.1) is 0 Å². The monoisotopic (exact) mass is 229 g/mol. The minimum Gasteiger partial charge on any atom is -0.333 e. The zero-order chi connectivity index (χ0) is 10.9. The number of aromatic nitrogens is 2. The number of nitrogens with one attached hydrogen (secondary N) is 1. The summed E-state index contributed by atoms with van der Waals surface area (Å²) in [5, 5.41) is 0. The van der Waals surface area contributed by atoms with E-state index in [2.05, 4.69) is 9.71 Å². The molecule has 0 unspecified atom stereocenters. The molecule has 84 valence electrons. The molecular formula is C9H15N3O2S. The molecule has 0 radical (unpaired) electrons. The Labute approximate surface area is 89.6 Å². The lowest BCUT2D eigenvalue weighted by atomic mass is 10.4. The molecule has 1 N–H and O–H groups in total. The quantitative estimate of drug-likeness (QED) is 0.790. The first kappa shape index (κ1) is 10.6. The number of hydrogen-bond acceptors (Lipinski definition) is 3. The van der Waals surface area contributed by atoms with Crippen molar-refractivity contribution in [3.05, 3.63) is 18.2 Å². The summed E-state index contributed by atoms with van der Waals surface area (Å²) in [7, 11) is -3.08. The maximum atomic E-state index is 10.9. The van der Waals surface area contributed by atoms with Crippen molar-refractivity contribution in [2.75, 3.05) is 12.8 Å². The van der Waals surface area contributed by atoms with Crippen LogP contribution in [0.5, 0.6) is 0 Å². The standard InChI is InChI=1S/C9H15N3O2S/c1-15(13,14)11-5-7-12-6-4-10-9(12)8-2-3-8/h4,6,8,11H,2-3,5,7H2,1H3. The lowest BCUT2D eigenvalue weighted by molar-refractivity contribution is 0.574. The van der Waals surface area contributed by atoms with Gasteiger partial charge in [-0.3, -0.25) is 0 Å². The summed E-state index contributed by atoms with van der Waals surface area (Å²) >= 11 is 0. The van der Waals surface area contributed by atoms with E-state index in [1.807, 2.05) is 10.8 Å². The van der Waals surface area contributed by atoms with Crippen LogP contribution in [0.15, 0.2) is 12.4 Å². The number of rotatable bonds is 5. The van der Waals surface area contributed by atoms with Crippen molar-refractivity contribution in [2.24, 2.45) is 0 Å². The first-order valence-electron chi connectivity index (χ1n) is 5.02. The second kappa shape index (κ2) is 3.94. The minimum absolute atomic E-state index is 0.426.